The van der Waals surface area contributed by atoms with Crippen molar-refractivity contribution in [2.75, 3.05) is 46.9 Å². The van der Waals surface area contributed by atoms with Gasteiger partial charge >= 0.3 is 11.8 Å². The van der Waals surface area contributed by atoms with Gasteiger partial charge < -0.3 is 20.3 Å². The molecule has 1 aliphatic rings. The molecule has 2 N–H and O–H groups in total. The van der Waals surface area contributed by atoms with Crippen molar-refractivity contribution in [3.63, 3.8) is 0 Å². The molecule has 1 saturated heterocycles. The number of benzene rings is 1. The molecule has 0 aromatic heterocycles. The summed E-state index contributed by atoms with van der Waals surface area (Å²) in [5.74, 6) is -1.56. The normalized spacial score (nSPS) is 17.8. The van der Waals surface area contributed by atoms with Crippen LogP contribution in [0.25, 0.3) is 0 Å². The van der Waals surface area contributed by atoms with Gasteiger partial charge in [-0.05, 0) is 39.2 Å². The van der Waals surface area contributed by atoms with Crippen LogP contribution in [0.3, 0.4) is 0 Å². The van der Waals surface area contributed by atoms with Crippen molar-refractivity contribution in [3.8, 4) is 0 Å². The van der Waals surface area contributed by atoms with Gasteiger partial charge in [0.2, 0.25) is 10.0 Å². The monoisotopic (exact) mass is 398 g/mol. The molecule has 0 unspecified atom stereocenters. The molecule has 2 amide bonds. The molecule has 0 saturated carbocycles. The second-order valence-electron chi connectivity index (χ2n) is 6.38. The number of carbonyl (C=O) groups excluding carboxylic acids is 2. The van der Waals surface area contributed by atoms with Gasteiger partial charge in [-0.3, -0.25) is 9.59 Å². The van der Waals surface area contributed by atoms with Gasteiger partial charge in [-0.2, -0.15) is 4.31 Å². The molecule has 150 valence electrons. The van der Waals surface area contributed by atoms with E-state index in [2.05, 4.69) is 10.6 Å². The van der Waals surface area contributed by atoms with Gasteiger partial charge in [-0.1, -0.05) is 18.2 Å². The molecule has 0 radical (unpaired) electrons. The molecular weight excluding hydrogens is 372 g/mol. The Bertz CT molecular complexity index is 739. The lowest BCUT2D eigenvalue weighted by Crippen LogP contribution is -2.47. The summed E-state index contributed by atoms with van der Waals surface area (Å²) in [5, 5.41) is 4.97. The highest BCUT2D eigenvalue weighted by Gasteiger charge is 2.36. The molecule has 2 rings (SSSR count). The first-order chi connectivity index (χ1) is 12.8. The first kappa shape index (κ1) is 21.3. The molecule has 1 aromatic rings. The minimum atomic E-state index is -3.73. The maximum atomic E-state index is 12.7. The van der Waals surface area contributed by atoms with Gasteiger partial charge in [-0.25, -0.2) is 8.42 Å². The molecular formula is C17H26N4O5S. The van der Waals surface area contributed by atoms with E-state index in [-0.39, 0.29) is 24.6 Å². The molecule has 1 aliphatic heterocycles. The fourth-order valence-corrected chi connectivity index (χ4v) is 4.14. The second kappa shape index (κ2) is 9.79. The van der Waals surface area contributed by atoms with Crippen molar-refractivity contribution in [2.45, 2.75) is 17.5 Å². The molecule has 1 aromatic carbocycles. The number of carbonyl (C=O) groups is 2. The van der Waals surface area contributed by atoms with E-state index in [1.54, 1.807) is 18.2 Å². The lowest BCUT2D eigenvalue weighted by molar-refractivity contribution is -0.139. The van der Waals surface area contributed by atoms with Gasteiger partial charge in [0.1, 0.15) is 6.23 Å². The number of rotatable bonds is 8. The Labute approximate surface area is 159 Å². The average Bonchev–Trinajstić information content (AvgIpc) is 3.13. The Morgan fingerprint density at radius 1 is 1.19 bits per heavy atom. The smallest absolute Gasteiger partial charge is 0.309 e. The molecule has 0 bridgehead atoms. The molecule has 0 spiro atoms. The maximum absolute atomic E-state index is 12.7. The quantitative estimate of drug-likeness (QED) is 0.439. The summed E-state index contributed by atoms with van der Waals surface area (Å²) in [5.41, 5.74) is 0. The Morgan fingerprint density at radius 3 is 2.52 bits per heavy atom. The van der Waals surface area contributed by atoms with Crippen LogP contribution in [0.15, 0.2) is 35.2 Å². The van der Waals surface area contributed by atoms with E-state index < -0.39 is 28.1 Å². The first-order valence-corrected chi connectivity index (χ1v) is 10.2. The summed E-state index contributed by atoms with van der Waals surface area (Å²) < 4.78 is 32.0. The minimum absolute atomic E-state index is 0.101. The lowest BCUT2D eigenvalue weighted by Gasteiger charge is -2.22. The lowest BCUT2D eigenvalue weighted by atomic mass is 10.4. The van der Waals surface area contributed by atoms with Crippen LogP contribution in [-0.2, 0) is 24.3 Å². The fraction of sp³-hybridized carbons (Fsp3) is 0.529. The van der Waals surface area contributed by atoms with E-state index in [1.807, 2.05) is 19.0 Å². The van der Waals surface area contributed by atoms with Crippen molar-refractivity contribution >= 4 is 21.8 Å². The highest BCUT2D eigenvalue weighted by atomic mass is 32.2. The van der Waals surface area contributed by atoms with Crippen LogP contribution < -0.4 is 10.6 Å². The van der Waals surface area contributed by atoms with Gasteiger partial charge in [0.15, 0.2) is 0 Å². The van der Waals surface area contributed by atoms with Crippen molar-refractivity contribution in [2.24, 2.45) is 0 Å². The van der Waals surface area contributed by atoms with Gasteiger partial charge in [0.05, 0.1) is 18.0 Å². The van der Waals surface area contributed by atoms with Crippen molar-refractivity contribution in [1.82, 2.24) is 19.8 Å². The second-order valence-corrected chi connectivity index (χ2v) is 8.27. The summed E-state index contributed by atoms with van der Waals surface area (Å²) in [4.78, 5) is 25.8. The molecule has 9 nitrogen and oxygen atoms in total. The predicted octanol–water partition coefficient (Wildman–Crippen LogP) is -0.782. The van der Waals surface area contributed by atoms with Crippen LogP contribution in [0.2, 0.25) is 0 Å². The van der Waals surface area contributed by atoms with E-state index >= 15 is 0 Å². The zero-order valence-corrected chi connectivity index (χ0v) is 16.4. The van der Waals surface area contributed by atoms with Crippen molar-refractivity contribution in [1.29, 1.82) is 0 Å². The van der Waals surface area contributed by atoms with Gasteiger partial charge in [-0.15, -0.1) is 0 Å². The summed E-state index contributed by atoms with van der Waals surface area (Å²) in [6.07, 6.45) is -0.124. The van der Waals surface area contributed by atoms with Gasteiger partial charge in [0, 0.05) is 13.1 Å². The Balaban J connectivity index is 1.86. The van der Waals surface area contributed by atoms with E-state index in [0.717, 1.165) is 13.0 Å². The third-order valence-electron chi connectivity index (χ3n) is 4.00. The van der Waals surface area contributed by atoms with Gasteiger partial charge in [0.25, 0.3) is 0 Å². The third-order valence-corrected chi connectivity index (χ3v) is 5.91. The molecule has 1 heterocycles. The summed E-state index contributed by atoms with van der Waals surface area (Å²) in [6, 6.07) is 8.02. The number of hydrogen-bond donors (Lipinski definition) is 2. The minimum Gasteiger partial charge on any atom is -0.359 e. The molecule has 1 atom stereocenters. The molecule has 10 heteroatoms. The average molecular weight is 398 g/mol. The topological polar surface area (TPSA) is 108 Å². The number of ether oxygens (including phenoxy) is 1. The predicted molar refractivity (Wildman–Crippen MR) is 99.3 cm³/mol. The summed E-state index contributed by atoms with van der Waals surface area (Å²) >= 11 is 0. The summed E-state index contributed by atoms with van der Waals surface area (Å²) in [6.45, 7) is 1.50. The van der Waals surface area contributed by atoms with Crippen LogP contribution in [0.1, 0.15) is 6.42 Å². The molecule has 27 heavy (non-hydrogen) atoms. The van der Waals surface area contributed by atoms with Crippen LogP contribution >= 0.6 is 0 Å². The fourth-order valence-electron chi connectivity index (χ4n) is 2.61. The first-order valence-electron chi connectivity index (χ1n) is 8.71. The maximum Gasteiger partial charge on any atom is 0.309 e. The van der Waals surface area contributed by atoms with Crippen molar-refractivity contribution < 1.29 is 22.7 Å². The largest absolute Gasteiger partial charge is 0.359 e. The number of sulfonamides is 1. The number of hydrogen-bond acceptors (Lipinski definition) is 6. The Hall–Kier alpha value is -2.01. The van der Waals surface area contributed by atoms with Crippen LogP contribution in [0.5, 0.6) is 0 Å². The SMILES string of the molecule is CN(C)CCCNC(=O)C(=O)NC[C@H]1OCCN1S(=O)(=O)c1ccccc1. The summed E-state index contributed by atoms with van der Waals surface area (Å²) in [7, 11) is 0.114. The van der Waals surface area contributed by atoms with Crippen LogP contribution in [0.4, 0.5) is 0 Å². The standard InChI is InChI=1S/C17H26N4O5S/c1-20(2)10-6-9-18-16(22)17(23)19-13-15-21(11-12-26-15)27(24,25)14-7-4-3-5-8-14/h3-5,7-8,15H,6,9-13H2,1-2H3,(H,18,22)(H,19,23)/t15-/m1/s1. The van der Waals surface area contributed by atoms with Crippen LogP contribution in [-0.4, -0.2) is 82.5 Å². The molecule has 0 aliphatic carbocycles. The van der Waals surface area contributed by atoms with Crippen molar-refractivity contribution in [3.05, 3.63) is 30.3 Å². The van der Waals surface area contributed by atoms with E-state index in [4.69, 9.17) is 4.74 Å². The zero-order chi connectivity index (χ0) is 19.9. The van der Waals surface area contributed by atoms with E-state index in [9.17, 15) is 18.0 Å². The van der Waals surface area contributed by atoms with E-state index in [1.165, 1.54) is 16.4 Å². The number of nitrogens with zero attached hydrogens (tertiary/aromatic N) is 2. The highest BCUT2D eigenvalue weighted by Crippen LogP contribution is 2.21. The highest BCUT2D eigenvalue weighted by molar-refractivity contribution is 7.89. The third kappa shape index (κ3) is 5.99. The Morgan fingerprint density at radius 2 is 1.85 bits per heavy atom. The van der Waals surface area contributed by atoms with Crippen LogP contribution in [0, 0.1) is 0 Å². The number of nitrogens with one attached hydrogen (secondary N) is 2. The number of amides is 2. The zero-order valence-electron chi connectivity index (χ0n) is 15.6. The van der Waals surface area contributed by atoms with E-state index in [0.29, 0.717) is 6.54 Å². The Kier molecular flexibility index (Phi) is 7.72. The molecule has 1 fully saturated rings.